The van der Waals surface area contributed by atoms with Gasteiger partial charge in [-0.3, -0.25) is 4.79 Å². The number of hydrogen-bond acceptors (Lipinski definition) is 3. The second-order valence-corrected chi connectivity index (χ2v) is 7.04. The molecule has 1 aliphatic heterocycles. The number of hydrogen-bond donors (Lipinski definition) is 2. The minimum absolute atomic E-state index is 0.00225. The lowest BCUT2D eigenvalue weighted by atomic mass is 10.0. The number of rotatable bonds is 5. The van der Waals surface area contributed by atoms with Gasteiger partial charge in [0.05, 0.1) is 6.04 Å². The van der Waals surface area contributed by atoms with Gasteiger partial charge in [0.1, 0.15) is 0 Å². The second kappa shape index (κ2) is 5.92. The summed E-state index contributed by atoms with van der Waals surface area (Å²) in [5, 5.41) is 2.99. The molecule has 0 bridgehead atoms. The first-order valence-corrected chi connectivity index (χ1v) is 7.09. The maximum absolute atomic E-state index is 11.7. The van der Waals surface area contributed by atoms with Crippen LogP contribution in [0.4, 0.5) is 0 Å². The van der Waals surface area contributed by atoms with Crippen molar-refractivity contribution in [3.05, 3.63) is 0 Å². The van der Waals surface area contributed by atoms with E-state index in [4.69, 9.17) is 5.73 Å². The predicted octanol–water partition coefficient (Wildman–Crippen LogP) is 1.76. The SMILES string of the molecule is CC(C)C[C@H](N)C(=O)NCC1(C)CCCS1. The van der Waals surface area contributed by atoms with Gasteiger partial charge in [-0.1, -0.05) is 13.8 Å². The Morgan fingerprint density at radius 3 is 2.75 bits per heavy atom. The quantitative estimate of drug-likeness (QED) is 0.775. The van der Waals surface area contributed by atoms with Crippen molar-refractivity contribution >= 4 is 17.7 Å². The average Bonchev–Trinajstić information content (AvgIpc) is 2.61. The molecule has 1 unspecified atom stereocenters. The third kappa shape index (κ3) is 4.34. The zero-order chi connectivity index (χ0) is 12.2. The number of carbonyl (C=O) groups excluding carboxylic acids is 1. The van der Waals surface area contributed by atoms with Gasteiger partial charge in [-0.15, -0.1) is 0 Å². The van der Waals surface area contributed by atoms with Gasteiger partial charge in [0.15, 0.2) is 0 Å². The van der Waals surface area contributed by atoms with E-state index in [1.165, 1.54) is 18.6 Å². The molecule has 1 fully saturated rings. The molecule has 4 heteroatoms. The summed E-state index contributed by atoms with van der Waals surface area (Å²) in [6, 6.07) is -0.352. The van der Waals surface area contributed by atoms with Crippen LogP contribution >= 0.6 is 11.8 Å². The van der Waals surface area contributed by atoms with Crippen LogP contribution in [-0.4, -0.2) is 29.0 Å². The van der Waals surface area contributed by atoms with Crippen molar-refractivity contribution in [1.29, 1.82) is 0 Å². The Labute approximate surface area is 103 Å². The maximum Gasteiger partial charge on any atom is 0.236 e. The Morgan fingerprint density at radius 1 is 1.56 bits per heavy atom. The summed E-state index contributed by atoms with van der Waals surface area (Å²) in [5.41, 5.74) is 5.83. The summed E-state index contributed by atoms with van der Waals surface area (Å²) in [6.45, 7) is 7.14. The Bertz CT molecular complexity index is 237. The summed E-state index contributed by atoms with van der Waals surface area (Å²) < 4.78 is 0.229. The maximum atomic E-state index is 11.7. The number of amides is 1. The molecule has 94 valence electrons. The van der Waals surface area contributed by atoms with Crippen LogP contribution < -0.4 is 11.1 Å². The first-order chi connectivity index (χ1) is 7.43. The molecule has 1 saturated heterocycles. The third-order valence-corrected chi connectivity index (χ3v) is 4.54. The zero-order valence-corrected chi connectivity index (χ0v) is 11.4. The topological polar surface area (TPSA) is 55.1 Å². The number of nitrogens with one attached hydrogen (secondary N) is 1. The van der Waals surface area contributed by atoms with Gasteiger partial charge in [-0.2, -0.15) is 11.8 Å². The molecule has 0 spiro atoms. The van der Waals surface area contributed by atoms with Gasteiger partial charge >= 0.3 is 0 Å². The van der Waals surface area contributed by atoms with E-state index in [1.807, 2.05) is 11.8 Å². The minimum Gasteiger partial charge on any atom is -0.353 e. The second-order valence-electron chi connectivity index (χ2n) is 5.36. The molecule has 3 nitrogen and oxygen atoms in total. The summed E-state index contributed by atoms with van der Waals surface area (Å²) >= 11 is 1.96. The first-order valence-electron chi connectivity index (χ1n) is 6.10. The highest BCUT2D eigenvalue weighted by atomic mass is 32.2. The van der Waals surface area contributed by atoms with E-state index in [1.54, 1.807) is 0 Å². The van der Waals surface area contributed by atoms with E-state index in [2.05, 4.69) is 26.1 Å². The molecule has 1 amide bonds. The van der Waals surface area contributed by atoms with E-state index in [0.717, 1.165) is 13.0 Å². The molecule has 0 aromatic heterocycles. The number of thioether (sulfide) groups is 1. The highest BCUT2D eigenvalue weighted by molar-refractivity contribution is 8.00. The fourth-order valence-electron chi connectivity index (χ4n) is 2.00. The third-order valence-electron chi connectivity index (χ3n) is 3.00. The van der Waals surface area contributed by atoms with Crippen molar-refractivity contribution < 1.29 is 4.79 Å². The Morgan fingerprint density at radius 2 is 2.25 bits per heavy atom. The van der Waals surface area contributed by atoms with Crippen LogP contribution in [0.15, 0.2) is 0 Å². The van der Waals surface area contributed by atoms with E-state index >= 15 is 0 Å². The van der Waals surface area contributed by atoms with Crippen molar-refractivity contribution in [3.63, 3.8) is 0 Å². The lowest BCUT2D eigenvalue weighted by Gasteiger charge is -2.24. The van der Waals surface area contributed by atoms with Crippen LogP contribution in [0.2, 0.25) is 0 Å². The van der Waals surface area contributed by atoms with Crippen LogP contribution in [-0.2, 0) is 4.79 Å². The van der Waals surface area contributed by atoms with Crippen LogP contribution in [0.3, 0.4) is 0 Å². The average molecular weight is 244 g/mol. The molecule has 1 heterocycles. The molecule has 16 heavy (non-hydrogen) atoms. The highest BCUT2D eigenvalue weighted by Gasteiger charge is 2.30. The minimum atomic E-state index is -0.352. The molecule has 0 aliphatic carbocycles. The number of carbonyl (C=O) groups is 1. The molecular formula is C12H24N2OS. The number of nitrogens with two attached hydrogens (primary N) is 1. The molecule has 0 aromatic rings. The standard InChI is InChI=1S/C12H24N2OS/c1-9(2)7-10(13)11(15)14-8-12(3)5-4-6-16-12/h9-10H,4-8,13H2,1-3H3,(H,14,15)/t10-,12?/m0/s1. The fraction of sp³-hybridized carbons (Fsp3) is 0.917. The zero-order valence-electron chi connectivity index (χ0n) is 10.6. The Balaban J connectivity index is 2.28. The van der Waals surface area contributed by atoms with E-state index in [-0.39, 0.29) is 16.7 Å². The van der Waals surface area contributed by atoms with Crippen LogP contribution in [0.1, 0.15) is 40.0 Å². The van der Waals surface area contributed by atoms with Gasteiger partial charge < -0.3 is 11.1 Å². The largest absolute Gasteiger partial charge is 0.353 e. The Hall–Kier alpha value is -0.220. The lowest BCUT2D eigenvalue weighted by molar-refractivity contribution is -0.122. The van der Waals surface area contributed by atoms with Gasteiger partial charge in [0, 0.05) is 11.3 Å². The molecule has 0 radical (unpaired) electrons. The van der Waals surface area contributed by atoms with Crippen molar-refractivity contribution in [2.45, 2.75) is 50.8 Å². The van der Waals surface area contributed by atoms with Gasteiger partial charge in [-0.05, 0) is 37.9 Å². The summed E-state index contributed by atoms with van der Waals surface area (Å²) in [5.74, 6) is 1.68. The molecule has 1 rings (SSSR count). The molecule has 0 saturated carbocycles. The van der Waals surface area contributed by atoms with E-state index in [9.17, 15) is 4.79 Å². The smallest absolute Gasteiger partial charge is 0.236 e. The van der Waals surface area contributed by atoms with Crippen molar-refractivity contribution in [2.75, 3.05) is 12.3 Å². The van der Waals surface area contributed by atoms with Crippen molar-refractivity contribution in [1.82, 2.24) is 5.32 Å². The van der Waals surface area contributed by atoms with Gasteiger partial charge in [0.2, 0.25) is 5.91 Å². The van der Waals surface area contributed by atoms with Crippen LogP contribution in [0.5, 0.6) is 0 Å². The lowest BCUT2D eigenvalue weighted by Crippen LogP contribution is -2.45. The summed E-state index contributed by atoms with van der Waals surface area (Å²) in [7, 11) is 0. The molecule has 3 N–H and O–H groups in total. The van der Waals surface area contributed by atoms with Crippen LogP contribution in [0, 0.1) is 5.92 Å². The normalized spacial score (nSPS) is 27.1. The molecule has 1 aliphatic rings. The molecular weight excluding hydrogens is 220 g/mol. The van der Waals surface area contributed by atoms with Gasteiger partial charge in [-0.25, -0.2) is 0 Å². The van der Waals surface area contributed by atoms with Crippen molar-refractivity contribution in [3.8, 4) is 0 Å². The fourth-order valence-corrected chi connectivity index (χ4v) is 3.24. The Kier molecular flexibility index (Phi) is 5.12. The van der Waals surface area contributed by atoms with E-state index in [0.29, 0.717) is 5.92 Å². The molecule has 0 aromatic carbocycles. The highest BCUT2D eigenvalue weighted by Crippen LogP contribution is 2.36. The predicted molar refractivity (Wildman–Crippen MR) is 70.5 cm³/mol. The van der Waals surface area contributed by atoms with Gasteiger partial charge in [0.25, 0.3) is 0 Å². The van der Waals surface area contributed by atoms with Crippen molar-refractivity contribution in [2.24, 2.45) is 11.7 Å². The summed E-state index contributed by atoms with van der Waals surface area (Å²) in [6.07, 6.45) is 3.21. The molecule has 2 atom stereocenters. The summed E-state index contributed by atoms with van der Waals surface area (Å²) in [4.78, 5) is 11.7. The monoisotopic (exact) mass is 244 g/mol. The first kappa shape index (κ1) is 13.8. The van der Waals surface area contributed by atoms with Crippen LogP contribution in [0.25, 0.3) is 0 Å². The van der Waals surface area contributed by atoms with E-state index < -0.39 is 0 Å².